The Labute approximate surface area is 137 Å². The van der Waals surface area contributed by atoms with Crippen molar-refractivity contribution in [2.45, 2.75) is 24.8 Å². The third-order valence-corrected chi connectivity index (χ3v) is 5.97. The van der Waals surface area contributed by atoms with Gasteiger partial charge < -0.3 is 10.1 Å². The van der Waals surface area contributed by atoms with Gasteiger partial charge in [-0.1, -0.05) is 0 Å². The second-order valence-corrected chi connectivity index (χ2v) is 8.66. The lowest BCUT2D eigenvalue weighted by molar-refractivity contribution is 0.414. The van der Waals surface area contributed by atoms with Crippen LogP contribution in [0.5, 0.6) is 5.75 Å². The summed E-state index contributed by atoms with van der Waals surface area (Å²) in [6.45, 7) is 3.45. The molecule has 10 heteroatoms. The first kappa shape index (κ1) is 19.7. The predicted octanol–water partition coefficient (Wildman–Crippen LogP) is 0.343. The predicted molar refractivity (Wildman–Crippen MR) is 89.8 cm³/mol. The van der Waals surface area contributed by atoms with E-state index in [-0.39, 0.29) is 28.9 Å². The Kier molecular flexibility index (Phi) is 6.81. The maximum atomic E-state index is 12.4. The summed E-state index contributed by atoms with van der Waals surface area (Å²) in [6.07, 6.45) is 0. The van der Waals surface area contributed by atoms with Crippen LogP contribution in [0.25, 0.3) is 0 Å². The molecule has 0 aliphatic carbocycles. The molecule has 1 rings (SSSR count). The SMILES string of the molecule is CCS(=O)(=O)Nc1cc(OC)ccc1S(=O)(=O)NCC(C)NC. The van der Waals surface area contributed by atoms with Crippen molar-refractivity contribution in [2.24, 2.45) is 0 Å². The van der Waals surface area contributed by atoms with Gasteiger partial charge in [-0.2, -0.15) is 0 Å². The van der Waals surface area contributed by atoms with Crippen molar-refractivity contribution >= 4 is 25.7 Å². The first-order valence-corrected chi connectivity index (χ1v) is 10.1. The summed E-state index contributed by atoms with van der Waals surface area (Å²) in [6, 6.07) is 4.03. The molecule has 0 saturated heterocycles. The Morgan fingerprint density at radius 2 is 1.87 bits per heavy atom. The van der Waals surface area contributed by atoms with Gasteiger partial charge in [0.25, 0.3) is 0 Å². The van der Waals surface area contributed by atoms with E-state index in [1.54, 1.807) is 7.05 Å². The van der Waals surface area contributed by atoms with Crippen molar-refractivity contribution in [1.29, 1.82) is 0 Å². The van der Waals surface area contributed by atoms with E-state index in [1.807, 2.05) is 6.92 Å². The van der Waals surface area contributed by atoms with E-state index in [9.17, 15) is 16.8 Å². The van der Waals surface area contributed by atoms with Crippen LogP contribution in [0.3, 0.4) is 0 Å². The molecule has 0 bridgehead atoms. The molecule has 0 aliphatic rings. The molecule has 0 radical (unpaired) electrons. The molecule has 0 spiro atoms. The average Bonchev–Trinajstić information content (AvgIpc) is 2.51. The van der Waals surface area contributed by atoms with Crippen LogP contribution in [0.4, 0.5) is 5.69 Å². The zero-order valence-electron chi connectivity index (χ0n) is 13.6. The molecule has 3 N–H and O–H groups in total. The van der Waals surface area contributed by atoms with E-state index in [0.29, 0.717) is 5.75 Å². The minimum Gasteiger partial charge on any atom is -0.497 e. The highest BCUT2D eigenvalue weighted by atomic mass is 32.2. The number of methoxy groups -OCH3 is 1. The highest BCUT2D eigenvalue weighted by molar-refractivity contribution is 7.93. The van der Waals surface area contributed by atoms with Crippen molar-refractivity contribution in [3.05, 3.63) is 18.2 Å². The van der Waals surface area contributed by atoms with Crippen molar-refractivity contribution in [3.8, 4) is 5.75 Å². The molecule has 0 saturated carbocycles. The number of hydrogen-bond acceptors (Lipinski definition) is 6. The minimum atomic E-state index is -3.87. The highest BCUT2D eigenvalue weighted by Gasteiger charge is 2.22. The molecule has 0 amide bonds. The molecular weight excluding hydrogens is 342 g/mol. The number of likely N-dealkylation sites (N-methyl/N-ethyl adjacent to an activating group) is 1. The number of nitrogens with one attached hydrogen (secondary N) is 3. The second kappa shape index (κ2) is 7.95. The third-order valence-electron chi connectivity index (χ3n) is 3.19. The quantitative estimate of drug-likeness (QED) is 0.582. The minimum absolute atomic E-state index is 0.0455. The number of ether oxygens (including phenoxy) is 1. The highest BCUT2D eigenvalue weighted by Crippen LogP contribution is 2.27. The fourth-order valence-corrected chi connectivity index (χ4v) is 3.59. The lowest BCUT2D eigenvalue weighted by atomic mass is 10.3. The maximum absolute atomic E-state index is 12.4. The van der Waals surface area contributed by atoms with Gasteiger partial charge in [0.15, 0.2) is 0 Å². The standard InChI is InChI=1S/C13H23N3O5S2/c1-5-22(17,18)16-12-8-11(21-4)6-7-13(12)23(19,20)15-9-10(2)14-3/h6-8,10,14-16H,5,9H2,1-4H3. The van der Waals surface area contributed by atoms with Gasteiger partial charge in [0, 0.05) is 18.7 Å². The van der Waals surface area contributed by atoms with E-state index >= 15 is 0 Å². The second-order valence-electron chi connectivity index (χ2n) is 4.91. The number of benzene rings is 1. The van der Waals surface area contributed by atoms with Crippen LogP contribution in [-0.4, -0.2) is 49.3 Å². The molecular formula is C13H23N3O5S2. The van der Waals surface area contributed by atoms with Crippen molar-refractivity contribution in [2.75, 3.05) is 31.2 Å². The summed E-state index contributed by atoms with van der Waals surface area (Å²) in [7, 11) is -4.37. The van der Waals surface area contributed by atoms with Crippen LogP contribution in [-0.2, 0) is 20.0 Å². The van der Waals surface area contributed by atoms with Crippen LogP contribution in [0.15, 0.2) is 23.1 Å². The first-order chi connectivity index (χ1) is 10.6. The molecule has 1 aromatic rings. The van der Waals surface area contributed by atoms with E-state index < -0.39 is 20.0 Å². The Hall–Kier alpha value is -1.36. The van der Waals surface area contributed by atoms with Gasteiger partial charge in [0.05, 0.1) is 18.6 Å². The smallest absolute Gasteiger partial charge is 0.242 e. The van der Waals surface area contributed by atoms with Crippen LogP contribution >= 0.6 is 0 Å². The third kappa shape index (κ3) is 5.65. The lowest BCUT2D eigenvalue weighted by Gasteiger charge is -2.16. The fourth-order valence-electron chi connectivity index (χ4n) is 1.60. The normalized spacial score (nSPS) is 13.6. The van der Waals surface area contributed by atoms with Gasteiger partial charge >= 0.3 is 0 Å². The topological polar surface area (TPSA) is 114 Å². The zero-order valence-corrected chi connectivity index (χ0v) is 15.2. The van der Waals surface area contributed by atoms with Crippen LogP contribution in [0.1, 0.15) is 13.8 Å². The molecule has 0 aromatic heterocycles. The molecule has 0 fully saturated rings. The summed E-state index contributed by atoms with van der Waals surface area (Å²) in [4.78, 5) is -0.154. The molecule has 1 atom stereocenters. The van der Waals surface area contributed by atoms with Crippen molar-refractivity contribution in [3.63, 3.8) is 0 Å². The summed E-state index contributed by atoms with van der Waals surface area (Å²) >= 11 is 0. The Bertz CT molecular complexity index is 732. The van der Waals surface area contributed by atoms with Gasteiger partial charge in [-0.3, -0.25) is 4.72 Å². The molecule has 1 unspecified atom stereocenters. The molecule has 8 nitrogen and oxygen atoms in total. The molecule has 23 heavy (non-hydrogen) atoms. The lowest BCUT2D eigenvalue weighted by Crippen LogP contribution is -2.37. The molecule has 0 aliphatic heterocycles. The Morgan fingerprint density at radius 3 is 2.39 bits per heavy atom. The molecule has 0 heterocycles. The van der Waals surface area contributed by atoms with E-state index in [0.717, 1.165) is 0 Å². The molecule has 132 valence electrons. The number of sulfonamides is 2. The monoisotopic (exact) mass is 365 g/mol. The summed E-state index contributed by atoms with van der Waals surface area (Å²) < 4.78 is 58.2. The maximum Gasteiger partial charge on any atom is 0.242 e. The number of hydrogen-bond donors (Lipinski definition) is 3. The van der Waals surface area contributed by atoms with Gasteiger partial charge in [-0.15, -0.1) is 0 Å². The van der Waals surface area contributed by atoms with Crippen LogP contribution in [0.2, 0.25) is 0 Å². The Morgan fingerprint density at radius 1 is 1.22 bits per heavy atom. The van der Waals surface area contributed by atoms with Crippen LogP contribution < -0.4 is 19.5 Å². The van der Waals surface area contributed by atoms with E-state index in [4.69, 9.17) is 4.74 Å². The number of rotatable bonds is 9. The fraction of sp³-hybridized carbons (Fsp3) is 0.538. The van der Waals surface area contributed by atoms with Gasteiger partial charge in [-0.05, 0) is 33.0 Å². The summed E-state index contributed by atoms with van der Waals surface area (Å²) in [5.41, 5.74) is -0.0455. The van der Waals surface area contributed by atoms with Gasteiger partial charge in [0.2, 0.25) is 20.0 Å². The zero-order chi connectivity index (χ0) is 17.7. The summed E-state index contributed by atoms with van der Waals surface area (Å²) in [5.74, 6) is 0.176. The van der Waals surface area contributed by atoms with Crippen LogP contribution in [0, 0.1) is 0 Å². The molecule has 1 aromatic carbocycles. The summed E-state index contributed by atoms with van der Waals surface area (Å²) in [5, 5.41) is 2.91. The van der Waals surface area contributed by atoms with E-state index in [1.165, 1.54) is 32.2 Å². The average molecular weight is 365 g/mol. The number of anilines is 1. The van der Waals surface area contributed by atoms with Crippen molar-refractivity contribution in [1.82, 2.24) is 10.0 Å². The van der Waals surface area contributed by atoms with Crippen molar-refractivity contribution < 1.29 is 21.6 Å². The van der Waals surface area contributed by atoms with Gasteiger partial charge in [-0.25, -0.2) is 21.6 Å². The Balaban J connectivity index is 3.23. The largest absolute Gasteiger partial charge is 0.497 e. The first-order valence-electron chi connectivity index (χ1n) is 7.00. The van der Waals surface area contributed by atoms with Gasteiger partial charge in [0.1, 0.15) is 10.6 Å². The van der Waals surface area contributed by atoms with E-state index in [2.05, 4.69) is 14.8 Å².